The van der Waals surface area contributed by atoms with E-state index in [1.807, 2.05) is 37.3 Å². The number of aryl methyl sites for hydroxylation is 1. The van der Waals surface area contributed by atoms with Gasteiger partial charge < -0.3 is 15.1 Å². The first-order chi connectivity index (χ1) is 12.1. The number of rotatable bonds is 6. The summed E-state index contributed by atoms with van der Waals surface area (Å²) in [4.78, 5) is 25.1. The molecule has 0 aliphatic carbocycles. The Hall–Kier alpha value is -3.34. The molecule has 0 saturated heterocycles. The van der Waals surface area contributed by atoms with Gasteiger partial charge in [-0.05, 0) is 31.2 Å². The smallest absolute Gasteiger partial charge is 0.288 e. The van der Waals surface area contributed by atoms with E-state index < -0.39 is 12.1 Å². The lowest BCUT2D eigenvalue weighted by Crippen LogP contribution is -2.46. The van der Waals surface area contributed by atoms with Gasteiger partial charge >= 0.3 is 0 Å². The molecular weight excluding hydrogens is 316 g/mol. The van der Waals surface area contributed by atoms with Crippen molar-refractivity contribution in [3.8, 4) is 0 Å². The van der Waals surface area contributed by atoms with E-state index in [2.05, 4.69) is 10.6 Å². The summed E-state index contributed by atoms with van der Waals surface area (Å²) >= 11 is 0. The third-order valence-corrected chi connectivity index (χ3v) is 3.70. The van der Waals surface area contributed by atoms with Crippen molar-refractivity contribution in [2.24, 2.45) is 0 Å². The van der Waals surface area contributed by atoms with Gasteiger partial charge in [-0.3, -0.25) is 9.59 Å². The van der Waals surface area contributed by atoms with Crippen LogP contribution in [0.4, 0.5) is 5.69 Å². The van der Waals surface area contributed by atoms with Crippen LogP contribution in [0, 0.1) is 6.92 Å². The highest BCUT2D eigenvalue weighted by Crippen LogP contribution is 2.13. The molecule has 2 aromatic carbocycles. The molecule has 1 atom stereocenters. The fraction of sp³-hybridized carbons (Fsp3) is 0.100. The molecule has 5 nitrogen and oxygen atoms in total. The summed E-state index contributed by atoms with van der Waals surface area (Å²) in [5.74, 6) is -0.545. The Labute approximate surface area is 145 Å². The molecule has 3 aromatic rings. The molecule has 0 aliphatic rings. The number of carbonyl (C=O) groups excluding carboxylic acids is 2. The second kappa shape index (κ2) is 7.49. The number of carbonyl (C=O) groups is 2. The van der Waals surface area contributed by atoms with Crippen molar-refractivity contribution >= 4 is 17.4 Å². The monoisotopic (exact) mass is 334 g/mol. The lowest BCUT2D eigenvalue weighted by Gasteiger charge is -2.20. The van der Waals surface area contributed by atoms with E-state index in [1.54, 1.807) is 36.4 Å². The number of furan rings is 1. The molecule has 126 valence electrons. The zero-order valence-corrected chi connectivity index (χ0v) is 13.7. The van der Waals surface area contributed by atoms with Crippen LogP contribution in [0.25, 0.3) is 0 Å². The van der Waals surface area contributed by atoms with Crippen LogP contribution in [0.15, 0.2) is 77.4 Å². The molecular formula is C20H18N2O3. The van der Waals surface area contributed by atoms with Crippen LogP contribution in [0.1, 0.15) is 26.5 Å². The van der Waals surface area contributed by atoms with E-state index >= 15 is 0 Å². The number of nitrogens with one attached hydrogen (secondary N) is 2. The molecule has 1 heterocycles. The summed E-state index contributed by atoms with van der Waals surface area (Å²) in [6.45, 7) is 1.98. The second-order valence-electron chi connectivity index (χ2n) is 5.62. The molecule has 0 spiro atoms. The maximum atomic E-state index is 12.8. The number of benzene rings is 2. The van der Waals surface area contributed by atoms with E-state index in [4.69, 9.17) is 4.42 Å². The lowest BCUT2D eigenvalue weighted by molar-refractivity contribution is 0.0853. The number of anilines is 1. The Morgan fingerprint density at radius 1 is 0.920 bits per heavy atom. The highest BCUT2D eigenvalue weighted by Gasteiger charge is 2.23. The average Bonchev–Trinajstić information content (AvgIpc) is 3.18. The first-order valence-corrected chi connectivity index (χ1v) is 7.90. The van der Waals surface area contributed by atoms with E-state index in [-0.39, 0.29) is 11.5 Å². The van der Waals surface area contributed by atoms with Crippen LogP contribution in [-0.4, -0.2) is 17.9 Å². The van der Waals surface area contributed by atoms with Gasteiger partial charge in [0.25, 0.3) is 5.91 Å². The molecule has 0 aliphatic heterocycles. The molecule has 0 fully saturated rings. The topological polar surface area (TPSA) is 71.3 Å². The summed E-state index contributed by atoms with van der Waals surface area (Å²) in [5, 5.41) is 5.76. The van der Waals surface area contributed by atoms with Crippen molar-refractivity contribution in [2.45, 2.75) is 13.1 Å². The average molecular weight is 334 g/mol. The zero-order valence-electron chi connectivity index (χ0n) is 13.7. The molecule has 0 bridgehead atoms. The standard InChI is InChI=1S/C20H18N2O3/c1-14-9-11-16(12-10-14)21-19(18(23)15-6-3-2-4-7-15)22-20(24)17-8-5-13-25-17/h2-13,19,21H,1H3,(H,22,24)/t19-/m1/s1. The summed E-state index contributed by atoms with van der Waals surface area (Å²) in [5.41, 5.74) is 2.35. The van der Waals surface area contributed by atoms with Gasteiger partial charge in [0.05, 0.1) is 6.26 Å². The molecule has 0 radical (unpaired) electrons. The molecule has 5 heteroatoms. The molecule has 3 rings (SSSR count). The fourth-order valence-electron chi connectivity index (χ4n) is 2.36. The molecule has 1 amide bonds. The Morgan fingerprint density at radius 2 is 1.64 bits per heavy atom. The predicted octanol–water partition coefficient (Wildman–Crippen LogP) is 3.64. The van der Waals surface area contributed by atoms with E-state index in [0.717, 1.165) is 11.3 Å². The van der Waals surface area contributed by atoms with Gasteiger partial charge in [-0.25, -0.2) is 0 Å². The summed E-state index contributed by atoms with van der Waals surface area (Å²) in [7, 11) is 0. The van der Waals surface area contributed by atoms with Gasteiger partial charge in [-0.2, -0.15) is 0 Å². The summed E-state index contributed by atoms with van der Waals surface area (Å²) < 4.78 is 5.10. The van der Waals surface area contributed by atoms with Gasteiger partial charge in [-0.15, -0.1) is 0 Å². The number of Topliss-reactive ketones (excluding diaryl/α,β-unsaturated/α-hetero) is 1. The van der Waals surface area contributed by atoms with Gasteiger partial charge in [0.1, 0.15) is 0 Å². The van der Waals surface area contributed by atoms with Gasteiger partial charge in [-0.1, -0.05) is 48.0 Å². The Bertz CT molecular complexity index is 840. The highest BCUT2D eigenvalue weighted by molar-refractivity contribution is 6.04. The van der Waals surface area contributed by atoms with Crippen LogP contribution in [0.5, 0.6) is 0 Å². The van der Waals surface area contributed by atoms with Crippen molar-refractivity contribution in [1.82, 2.24) is 5.32 Å². The minimum atomic E-state index is -0.914. The van der Waals surface area contributed by atoms with Crippen molar-refractivity contribution in [1.29, 1.82) is 0 Å². The fourth-order valence-corrected chi connectivity index (χ4v) is 2.36. The predicted molar refractivity (Wildman–Crippen MR) is 95.5 cm³/mol. The van der Waals surface area contributed by atoms with Crippen LogP contribution in [0.2, 0.25) is 0 Å². The molecule has 25 heavy (non-hydrogen) atoms. The van der Waals surface area contributed by atoms with Crippen molar-refractivity contribution in [2.75, 3.05) is 5.32 Å². The summed E-state index contributed by atoms with van der Waals surface area (Å²) in [6, 6.07) is 19.6. The Morgan fingerprint density at radius 3 is 2.28 bits per heavy atom. The molecule has 0 unspecified atom stereocenters. The maximum Gasteiger partial charge on any atom is 0.288 e. The van der Waals surface area contributed by atoms with Crippen molar-refractivity contribution < 1.29 is 14.0 Å². The second-order valence-corrected chi connectivity index (χ2v) is 5.62. The Kier molecular flexibility index (Phi) is 4.95. The summed E-state index contributed by atoms with van der Waals surface area (Å²) in [6.07, 6.45) is 0.499. The zero-order chi connectivity index (χ0) is 17.6. The minimum absolute atomic E-state index is 0.150. The number of ketones is 1. The van der Waals surface area contributed by atoms with E-state index in [1.165, 1.54) is 6.26 Å². The lowest BCUT2D eigenvalue weighted by atomic mass is 10.1. The normalized spacial score (nSPS) is 11.6. The minimum Gasteiger partial charge on any atom is -0.459 e. The first-order valence-electron chi connectivity index (χ1n) is 7.90. The van der Waals surface area contributed by atoms with E-state index in [0.29, 0.717) is 5.56 Å². The van der Waals surface area contributed by atoms with E-state index in [9.17, 15) is 9.59 Å². The van der Waals surface area contributed by atoms with Crippen molar-refractivity contribution in [3.63, 3.8) is 0 Å². The third kappa shape index (κ3) is 4.14. The van der Waals surface area contributed by atoms with Crippen LogP contribution >= 0.6 is 0 Å². The number of hydrogen-bond acceptors (Lipinski definition) is 4. The van der Waals surface area contributed by atoms with Crippen LogP contribution in [0.3, 0.4) is 0 Å². The largest absolute Gasteiger partial charge is 0.459 e. The van der Waals surface area contributed by atoms with Gasteiger partial charge in [0, 0.05) is 11.3 Å². The van der Waals surface area contributed by atoms with Crippen LogP contribution in [-0.2, 0) is 0 Å². The van der Waals surface area contributed by atoms with Gasteiger partial charge in [0.2, 0.25) is 5.78 Å². The Balaban J connectivity index is 1.83. The first kappa shape index (κ1) is 16.5. The number of amides is 1. The van der Waals surface area contributed by atoms with Gasteiger partial charge in [0.15, 0.2) is 11.9 Å². The quantitative estimate of drug-likeness (QED) is 0.533. The van der Waals surface area contributed by atoms with Crippen LogP contribution < -0.4 is 10.6 Å². The SMILES string of the molecule is Cc1ccc(N[C@H](NC(=O)c2ccco2)C(=O)c2ccccc2)cc1. The van der Waals surface area contributed by atoms with Crippen molar-refractivity contribution in [3.05, 3.63) is 89.9 Å². The number of hydrogen-bond donors (Lipinski definition) is 2. The molecule has 1 aromatic heterocycles. The maximum absolute atomic E-state index is 12.8. The highest BCUT2D eigenvalue weighted by atomic mass is 16.3. The molecule has 2 N–H and O–H groups in total. The third-order valence-electron chi connectivity index (χ3n) is 3.70. The molecule has 0 saturated carbocycles.